The number of nitro groups is 1. The van der Waals surface area contributed by atoms with Crippen LogP contribution in [-0.2, 0) is 0 Å². The molecule has 0 spiro atoms. The Balaban J connectivity index is 2.13. The van der Waals surface area contributed by atoms with Crippen molar-refractivity contribution in [2.75, 3.05) is 13.1 Å². The lowest BCUT2D eigenvalue weighted by Crippen LogP contribution is -2.54. The highest BCUT2D eigenvalue weighted by Crippen LogP contribution is 2.25. The van der Waals surface area contributed by atoms with Crippen LogP contribution >= 0.6 is 0 Å². The molecule has 1 fully saturated rings. The molecule has 1 aliphatic rings. The lowest BCUT2D eigenvalue weighted by molar-refractivity contribution is -0.385. The Bertz CT molecular complexity index is 447. The zero-order chi connectivity index (χ0) is 13.2. The van der Waals surface area contributed by atoms with Gasteiger partial charge in [-0.15, -0.1) is 0 Å². The van der Waals surface area contributed by atoms with Crippen molar-refractivity contribution in [2.24, 2.45) is 0 Å². The largest absolute Gasteiger partial charge is 0.486 e. The zero-order valence-corrected chi connectivity index (χ0v) is 10.1. The highest BCUT2D eigenvalue weighted by Gasteiger charge is 2.36. The summed E-state index contributed by atoms with van der Waals surface area (Å²) in [5.41, 5.74) is -0.938. The van der Waals surface area contributed by atoms with Gasteiger partial charge in [-0.3, -0.25) is 10.1 Å². The summed E-state index contributed by atoms with van der Waals surface area (Å²) in [5, 5.41) is 24.0. The van der Waals surface area contributed by atoms with Gasteiger partial charge in [0.2, 0.25) is 0 Å². The first-order chi connectivity index (χ1) is 8.49. The molecule has 1 saturated heterocycles. The van der Waals surface area contributed by atoms with Gasteiger partial charge in [0.15, 0.2) is 0 Å². The quantitative estimate of drug-likeness (QED) is 0.621. The van der Waals surface area contributed by atoms with E-state index in [4.69, 9.17) is 4.74 Å². The van der Waals surface area contributed by atoms with E-state index >= 15 is 0 Å². The van der Waals surface area contributed by atoms with Crippen molar-refractivity contribution in [3.05, 3.63) is 34.4 Å². The smallest absolute Gasteiger partial charge is 0.273 e. The van der Waals surface area contributed by atoms with Crippen LogP contribution in [0.3, 0.4) is 0 Å². The molecule has 2 atom stereocenters. The first-order valence-electron chi connectivity index (χ1n) is 5.83. The van der Waals surface area contributed by atoms with E-state index < -0.39 is 16.6 Å². The van der Waals surface area contributed by atoms with Gasteiger partial charge in [-0.2, -0.15) is 0 Å². The van der Waals surface area contributed by atoms with Crippen LogP contribution in [0.4, 0.5) is 5.69 Å². The second-order valence-electron chi connectivity index (χ2n) is 4.67. The van der Waals surface area contributed by atoms with Crippen molar-refractivity contribution in [1.29, 1.82) is 0 Å². The molecule has 1 heterocycles. The molecule has 6 nitrogen and oxygen atoms in total. The predicted octanol–water partition coefficient (Wildman–Crippen LogP) is 1.09. The average Bonchev–Trinajstić information content (AvgIpc) is 2.32. The lowest BCUT2D eigenvalue weighted by atomic mass is 9.92. The molecule has 2 unspecified atom stereocenters. The van der Waals surface area contributed by atoms with Crippen molar-refractivity contribution >= 4 is 5.69 Å². The number of rotatable bonds is 3. The first kappa shape index (κ1) is 12.8. The maximum absolute atomic E-state index is 10.7. The van der Waals surface area contributed by atoms with E-state index in [1.165, 1.54) is 12.1 Å². The van der Waals surface area contributed by atoms with Gasteiger partial charge >= 0.3 is 0 Å². The number of ether oxygens (including phenoxy) is 1. The van der Waals surface area contributed by atoms with E-state index in [2.05, 4.69) is 5.32 Å². The second kappa shape index (κ2) is 4.91. The number of aliphatic hydroxyl groups is 1. The molecule has 0 radical (unpaired) electrons. The van der Waals surface area contributed by atoms with Crippen molar-refractivity contribution in [3.8, 4) is 5.75 Å². The van der Waals surface area contributed by atoms with Crippen molar-refractivity contribution in [3.63, 3.8) is 0 Å². The van der Waals surface area contributed by atoms with Crippen molar-refractivity contribution in [2.45, 2.75) is 25.0 Å². The molecule has 98 valence electrons. The topological polar surface area (TPSA) is 84.6 Å². The summed E-state index contributed by atoms with van der Waals surface area (Å²) < 4.78 is 5.64. The summed E-state index contributed by atoms with van der Waals surface area (Å²) in [6.07, 6.45) is 0.181. The minimum atomic E-state index is -0.921. The third-order valence-electron chi connectivity index (χ3n) is 3.14. The normalized spacial score (nSPS) is 27.8. The number of benzene rings is 1. The van der Waals surface area contributed by atoms with Gasteiger partial charge in [0, 0.05) is 12.6 Å². The van der Waals surface area contributed by atoms with Crippen LogP contribution in [0.5, 0.6) is 5.75 Å². The van der Waals surface area contributed by atoms with Gasteiger partial charge in [-0.25, -0.2) is 0 Å². The highest BCUT2D eigenvalue weighted by atomic mass is 16.6. The van der Waals surface area contributed by atoms with Crippen LogP contribution in [0.1, 0.15) is 13.3 Å². The number of nitrogens with one attached hydrogen (secondary N) is 1. The minimum absolute atomic E-state index is 0.0177. The van der Waals surface area contributed by atoms with Gasteiger partial charge in [0.1, 0.15) is 17.5 Å². The molecule has 0 saturated carbocycles. The lowest BCUT2D eigenvalue weighted by Gasteiger charge is -2.37. The van der Waals surface area contributed by atoms with E-state index in [1.807, 2.05) is 0 Å². The summed E-state index contributed by atoms with van der Waals surface area (Å²) in [7, 11) is 0. The Kier molecular flexibility index (Phi) is 3.49. The molecule has 0 aliphatic carbocycles. The molecule has 0 amide bonds. The van der Waals surface area contributed by atoms with Crippen LogP contribution in [0.25, 0.3) is 0 Å². The van der Waals surface area contributed by atoms with Gasteiger partial charge in [-0.1, -0.05) is 6.07 Å². The molecule has 0 bridgehead atoms. The van der Waals surface area contributed by atoms with Crippen LogP contribution in [0.2, 0.25) is 0 Å². The van der Waals surface area contributed by atoms with Gasteiger partial charge in [-0.05, 0) is 26.0 Å². The Hall–Kier alpha value is -1.66. The summed E-state index contributed by atoms with van der Waals surface area (Å²) in [6.45, 7) is 2.98. The van der Waals surface area contributed by atoms with Crippen molar-refractivity contribution < 1.29 is 14.8 Å². The Morgan fingerprint density at radius 3 is 3.06 bits per heavy atom. The van der Waals surface area contributed by atoms with Crippen molar-refractivity contribution in [1.82, 2.24) is 5.32 Å². The van der Waals surface area contributed by atoms with Crippen LogP contribution in [0, 0.1) is 10.1 Å². The summed E-state index contributed by atoms with van der Waals surface area (Å²) in [6, 6.07) is 5.99. The van der Waals surface area contributed by atoms with Crippen LogP contribution in [0.15, 0.2) is 24.3 Å². The molecule has 2 rings (SSSR count). The summed E-state index contributed by atoms with van der Waals surface area (Å²) in [4.78, 5) is 10.2. The number of nitro benzene ring substituents is 1. The SMILES string of the molecule is CC1(O)CCNCC1Oc1cccc([N+](=O)[O-])c1. The van der Waals surface area contributed by atoms with E-state index in [9.17, 15) is 15.2 Å². The van der Waals surface area contributed by atoms with Crippen LogP contribution in [-0.4, -0.2) is 34.8 Å². The molecular weight excluding hydrogens is 236 g/mol. The van der Waals surface area contributed by atoms with E-state index in [1.54, 1.807) is 19.1 Å². The molecular formula is C12H16N2O4. The molecule has 2 N–H and O–H groups in total. The third kappa shape index (κ3) is 2.77. The predicted molar refractivity (Wildman–Crippen MR) is 65.6 cm³/mol. The molecule has 18 heavy (non-hydrogen) atoms. The molecule has 1 aromatic rings. The maximum Gasteiger partial charge on any atom is 0.273 e. The number of non-ortho nitro benzene ring substituents is 1. The Morgan fingerprint density at radius 2 is 2.39 bits per heavy atom. The summed E-state index contributed by atoms with van der Waals surface area (Å²) >= 11 is 0. The standard InChI is InChI=1S/C12H16N2O4/c1-12(15)5-6-13-8-11(12)18-10-4-2-3-9(7-10)14(16)17/h2-4,7,11,13,15H,5-6,8H2,1H3. The molecule has 1 aromatic carbocycles. The van der Waals surface area contributed by atoms with Gasteiger partial charge in [0.05, 0.1) is 11.0 Å². The summed E-state index contributed by atoms with van der Waals surface area (Å²) in [5.74, 6) is 0.401. The Morgan fingerprint density at radius 1 is 1.61 bits per heavy atom. The molecule has 6 heteroatoms. The fraction of sp³-hybridized carbons (Fsp3) is 0.500. The Labute approximate surface area is 105 Å². The fourth-order valence-corrected chi connectivity index (χ4v) is 1.96. The van der Waals surface area contributed by atoms with E-state index in [-0.39, 0.29) is 5.69 Å². The number of piperidine rings is 1. The van der Waals surface area contributed by atoms with Crippen LogP contribution < -0.4 is 10.1 Å². The van der Waals surface area contributed by atoms with E-state index in [0.29, 0.717) is 18.7 Å². The van der Waals surface area contributed by atoms with Gasteiger partial charge in [0.25, 0.3) is 5.69 Å². The molecule has 0 aromatic heterocycles. The third-order valence-corrected chi connectivity index (χ3v) is 3.14. The monoisotopic (exact) mass is 252 g/mol. The molecule has 1 aliphatic heterocycles. The maximum atomic E-state index is 10.7. The number of hydrogen-bond acceptors (Lipinski definition) is 5. The highest BCUT2D eigenvalue weighted by molar-refractivity contribution is 5.38. The minimum Gasteiger partial charge on any atom is -0.486 e. The number of hydrogen-bond donors (Lipinski definition) is 2. The fourth-order valence-electron chi connectivity index (χ4n) is 1.96. The second-order valence-corrected chi connectivity index (χ2v) is 4.67. The number of nitrogens with zero attached hydrogens (tertiary/aromatic N) is 1. The van der Waals surface area contributed by atoms with E-state index in [0.717, 1.165) is 6.54 Å². The zero-order valence-electron chi connectivity index (χ0n) is 10.1. The first-order valence-corrected chi connectivity index (χ1v) is 5.83. The average molecular weight is 252 g/mol. The van der Waals surface area contributed by atoms with Gasteiger partial charge < -0.3 is 15.2 Å².